The number of nitrogens with zero attached hydrogens (tertiary/aromatic N) is 2. The maximum Gasteiger partial charge on any atom is 0.254 e. The van der Waals surface area contributed by atoms with E-state index in [9.17, 15) is 4.79 Å². The van der Waals surface area contributed by atoms with Crippen LogP contribution in [0, 0.1) is 6.92 Å². The second-order valence-electron chi connectivity index (χ2n) is 10.5. The molecule has 3 heterocycles. The van der Waals surface area contributed by atoms with E-state index in [0.717, 1.165) is 53.5 Å². The molecule has 35 heavy (non-hydrogen) atoms. The van der Waals surface area contributed by atoms with E-state index >= 15 is 0 Å². The Bertz CT molecular complexity index is 1210. The Morgan fingerprint density at radius 3 is 2.40 bits per heavy atom. The molecular weight excluding hydrogens is 454 g/mol. The first-order chi connectivity index (χ1) is 16.4. The fourth-order valence-corrected chi connectivity index (χ4v) is 6.24. The number of halogens is 1. The normalized spacial score (nSPS) is 21.5. The lowest BCUT2D eigenvalue weighted by Gasteiger charge is -2.39. The molecule has 5 heteroatoms. The lowest BCUT2D eigenvalue weighted by molar-refractivity contribution is 0.0851. The maximum atomic E-state index is 13.9. The van der Waals surface area contributed by atoms with Crippen molar-refractivity contribution < 1.29 is 4.79 Å². The van der Waals surface area contributed by atoms with Gasteiger partial charge in [-0.3, -0.25) is 9.69 Å². The molecule has 1 amide bonds. The van der Waals surface area contributed by atoms with E-state index in [2.05, 4.69) is 79.0 Å². The fraction of sp³-hybridized carbons (Fsp3) is 0.433. The minimum atomic E-state index is 0. The third-order valence-corrected chi connectivity index (χ3v) is 7.79. The van der Waals surface area contributed by atoms with Crippen molar-refractivity contribution in [2.45, 2.75) is 71.0 Å². The van der Waals surface area contributed by atoms with E-state index in [1.807, 2.05) is 18.2 Å². The molecule has 2 aliphatic rings. The van der Waals surface area contributed by atoms with Gasteiger partial charge in [-0.05, 0) is 70.6 Å². The van der Waals surface area contributed by atoms with Gasteiger partial charge in [-0.1, -0.05) is 53.6 Å². The summed E-state index contributed by atoms with van der Waals surface area (Å²) in [7, 11) is 2.07. The molecule has 1 N–H and O–H groups in total. The van der Waals surface area contributed by atoms with Crippen LogP contribution in [0.4, 0.5) is 0 Å². The Morgan fingerprint density at radius 1 is 1.06 bits per heavy atom. The highest BCUT2D eigenvalue weighted by molar-refractivity contribution is 6.13. The number of piperidine rings is 1. The maximum absolute atomic E-state index is 13.9. The van der Waals surface area contributed by atoms with Crippen LogP contribution in [0.2, 0.25) is 0 Å². The van der Waals surface area contributed by atoms with E-state index in [4.69, 9.17) is 0 Å². The van der Waals surface area contributed by atoms with Gasteiger partial charge in [0.15, 0.2) is 0 Å². The number of hydrogen-bond acceptors (Lipinski definition) is 2. The Balaban J connectivity index is 0.00000289. The minimum absolute atomic E-state index is 0. The molecule has 0 saturated carbocycles. The summed E-state index contributed by atoms with van der Waals surface area (Å²) in [4.78, 5) is 16.6. The first kappa shape index (κ1) is 25.5. The zero-order valence-electron chi connectivity index (χ0n) is 21.4. The number of carbonyl (C=O) groups is 1. The fourth-order valence-electron chi connectivity index (χ4n) is 6.24. The van der Waals surface area contributed by atoms with Crippen LogP contribution in [0.25, 0.3) is 22.2 Å². The van der Waals surface area contributed by atoms with E-state index in [0.29, 0.717) is 12.1 Å². The number of hydrogen-bond donors (Lipinski definition) is 1. The van der Waals surface area contributed by atoms with E-state index in [-0.39, 0.29) is 24.4 Å². The van der Waals surface area contributed by atoms with Crippen molar-refractivity contribution in [3.8, 4) is 11.3 Å². The van der Waals surface area contributed by atoms with Gasteiger partial charge in [-0.2, -0.15) is 0 Å². The van der Waals surface area contributed by atoms with E-state index in [1.54, 1.807) is 0 Å². The number of allylic oxidation sites excluding steroid dienone is 1. The highest BCUT2D eigenvalue weighted by Crippen LogP contribution is 2.37. The average Bonchev–Trinajstić information content (AvgIpc) is 3.22. The van der Waals surface area contributed by atoms with Crippen LogP contribution in [0.5, 0.6) is 0 Å². The van der Waals surface area contributed by atoms with Gasteiger partial charge in [0.25, 0.3) is 5.91 Å². The predicted molar refractivity (Wildman–Crippen MR) is 148 cm³/mol. The second-order valence-corrected chi connectivity index (χ2v) is 10.5. The summed E-state index contributed by atoms with van der Waals surface area (Å²) in [5.74, 6) is 0.0671. The van der Waals surface area contributed by atoms with Crippen molar-refractivity contribution in [1.29, 1.82) is 0 Å². The number of carbonyl (C=O) groups excluding carboxylic acids is 1. The number of aromatic nitrogens is 1. The molecule has 2 fully saturated rings. The third kappa shape index (κ3) is 5.05. The van der Waals surface area contributed by atoms with Crippen molar-refractivity contribution in [3.63, 3.8) is 0 Å². The van der Waals surface area contributed by atoms with Crippen molar-refractivity contribution >= 4 is 29.2 Å². The monoisotopic (exact) mass is 491 g/mol. The Hall–Kier alpha value is -2.56. The van der Waals surface area contributed by atoms with Crippen molar-refractivity contribution in [3.05, 3.63) is 71.3 Å². The lowest BCUT2D eigenvalue weighted by Crippen LogP contribution is -2.50. The van der Waals surface area contributed by atoms with Gasteiger partial charge in [0.2, 0.25) is 0 Å². The summed E-state index contributed by atoms with van der Waals surface area (Å²) >= 11 is 0. The summed E-state index contributed by atoms with van der Waals surface area (Å²) in [6.07, 6.45) is 8.11. The molecule has 1 aromatic heterocycles. The predicted octanol–water partition coefficient (Wildman–Crippen LogP) is 6.66. The standard InChI is InChI=1S/C30H37N3O.ClH/c1-20(2)9-8-16-33-24-13-14-25(33)19-23(18-24)31-30(34)28-26-17-21(3)12-15-27(26)32(4)29(28)22-10-6-5-7-11-22;/h5-7,9-12,15,17,23-25H,8,13-14,16,18-19H2,1-4H3,(H,31,34);1H/t23-,24+,25-;. The molecule has 186 valence electrons. The Morgan fingerprint density at radius 2 is 1.74 bits per heavy atom. The zero-order valence-corrected chi connectivity index (χ0v) is 22.2. The van der Waals surface area contributed by atoms with Crippen molar-refractivity contribution in [1.82, 2.24) is 14.8 Å². The summed E-state index contributed by atoms with van der Waals surface area (Å²) < 4.78 is 2.18. The van der Waals surface area contributed by atoms with Crippen LogP contribution >= 0.6 is 12.4 Å². The molecule has 3 aromatic rings. The molecule has 3 atom stereocenters. The zero-order chi connectivity index (χ0) is 23.8. The van der Waals surface area contributed by atoms with Gasteiger partial charge >= 0.3 is 0 Å². The smallest absolute Gasteiger partial charge is 0.254 e. The number of rotatable bonds is 6. The Labute approximate surface area is 215 Å². The molecule has 5 rings (SSSR count). The highest BCUT2D eigenvalue weighted by atomic mass is 35.5. The number of nitrogens with one attached hydrogen (secondary N) is 1. The SMILES string of the molecule is CC(C)=CCCN1[C@@H]2CC[C@H]1C[C@@H](NC(=O)c1c(-c3ccccc3)n(C)c3ccc(C)cc13)C2.Cl. The summed E-state index contributed by atoms with van der Waals surface area (Å²) in [5, 5.41) is 4.52. The molecule has 0 radical (unpaired) electrons. The molecule has 0 aliphatic carbocycles. The molecule has 4 nitrogen and oxygen atoms in total. The summed E-state index contributed by atoms with van der Waals surface area (Å²) in [6, 6.07) is 18.2. The average molecular weight is 492 g/mol. The molecule has 2 saturated heterocycles. The molecule has 2 aromatic carbocycles. The minimum Gasteiger partial charge on any atom is -0.349 e. The summed E-state index contributed by atoms with van der Waals surface area (Å²) in [5.41, 5.74) is 6.57. The van der Waals surface area contributed by atoms with Gasteiger partial charge in [-0.25, -0.2) is 0 Å². The van der Waals surface area contributed by atoms with Crippen LogP contribution in [0.15, 0.2) is 60.2 Å². The van der Waals surface area contributed by atoms with E-state index in [1.165, 1.54) is 24.0 Å². The lowest BCUT2D eigenvalue weighted by atomic mass is 9.96. The summed E-state index contributed by atoms with van der Waals surface area (Å²) in [6.45, 7) is 7.59. The first-order valence-corrected chi connectivity index (χ1v) is 12.8. The van der Waals surface area contributed by atoms with Gasteiger partial charge in [0.05, 0.1) is 11.3 Å². The Kier molecular flexibility index (Phi) is 7.73. The largest absolute Gasteiger partial charge is 0.349 e. The third-order valence-electron chi connectivity index (χ3n) is 7.79. The molecule has 0 spiro atoms. The number of benzene rings is 2. The number of amides is 1. The van der Waals surface area contributed by atoms with Crippen LogP contribution in [-0.4, -0.2) is 40.0 Å². The topological polar surface area (TPSA) is 37.3 Å². The van der Waals surface area contributed by atoms with Gasteiger partial charge in [0, 0.05) is 42.6 Å². The molecular formula is C30H38ClN3O. The number of aryl methyl sites for hydroxylation is 2. The van der Waals surface area contributed by atoms with Crippen LogP contribution in [0.3, 0.4) is 0 Å². The van der Waals surface area contributed by atoms with Crippen LogP contribution in [0.1, 0.15) is 61.9 Å². The van der Waals surface area contributed by atoms with E-state index < -0.39 is 0 Å². The quantitative estimate of drug-likeness (QED) is 0.391. The highest BCUT2D eigenvalue weighted by Gasteiger charge is 2.41. The van der Waals surface area contributed by atoms with Crippen LogP contribution in [-0.2, 0) is 7.05 Å². The van der Waals surface area contributed by atoms with Crippen LogP contribution < -0.4 is 5.32 Å². The van der Waals surface area contributed by atoms with Crippen molar-refractivity contribution in [2.75, 3.05) is 6.54 Å². The number of fused-ring (bicyclic) bond motifs is 3. The molecule has 2 aliphatic heterocycles. The molecule has 2 bridgehead atoms. The molecule has 0 unspecified atom stereocenters. The first-order valence-electron chi connectivity index (χ1n) is 12.8. The second kappa shape index (κ2) is 10.6. The van der Waals surface area contributed by atoms with Gasteiger partial charge in [0.1, 0.15) is 0 Å². The van der Waals surface area contributed by atoms with Gasteiger partial charge in [-0.15, -0.1) is 12.4 Å². The van der Waals surface area contributed by atoms with Gasteiger partial charge < -0.3 is 9.88 Å². The van der Waals surface area contributed by atoms with Crippen molar-refractivity contribution in [2.24, 2.45) is 7.05 Å².